The van der Waals surface area contributed by atoms with Gasteiger partial charge in [0.05, 0.1) is 23.8 Å². The number of nitrogens with one attached hydrogen (secondary N) is 2. The van der Waals surface area contributed by atoms with Gasteiger partial charge in [-0.15, -0.1) is 0 Å². The Balaban J connectivity index is 1.67. The van der Waals surface area contributed by atoms with Crippen molar-refractivity contribution in [2.75, 3.05) is 30.4 Å². The van der Waals surface area contributed by atoms with Crippen LogP contribution in [0.15, 0.2) is 48.5 Å². The zero-order valence-electron chi connectivity index (χ0n) is 16.6. The Bertz CT molecular complexity index is 895. The number of benzene rings is 2. The first-order valence-electron chi connectivity index (χ1n) is 9.68. The van der Waals surface area contributed by atoms with Gasteiger partial charge in [0.15, 0.2) is 0 Å². The highest BCUT2D eigenvalue weighted by molar-refractivity contribution is 6.07. The number of ether oxygens (including phenoxy) is 1. The van der Waals surface area contributed by atoms with Crippen LogP contribution in [0, 0.1) is 5.92 Å². The van der Waals surface area contributed by atoms with Crippen molar-refractivity contribution in [2.45, 2.75) is 19.8 Å². The van der Waals surface area contributed by atoms with Gasteiger partial charge in [0.25, 0.3) is 5.91 Å². The van der Waals surface area contributed by atoms with E-state index >= 15 is 0 Å². The van der Waals surface area contributed by atoms with Crippen molar-refractivity contribution in [3.05, 3.63) is 54.1 Å². The standard InChI is InChI=1S/C22H25N3O4/c1-3-12-29-17-10-8-16(9-11-17)25-14-15(13-20(25)26)21(27)24-19-7-5-4-6-18(19)22(28)23-2/h4-11,15H,3,12-14H2,1-2H3,(H,23,28)(H,24,27)/t15-/m0/s1. The Morgan fingerprint density at radius 3 is 2.55 bits per heavy atom. The van der Waals surface area contributed by atoms with E-state index in [-0.39, 0.29) is 24.1 Å². The maximum atomic E-state index is 12.7. The monoisotopic (exact) mass is 395 g/mol. The minimum absolute atomic E-state index is 0.105. The summed E-state index contributed by atoms with van der Waals surface area (Å²) >= 11 is 0. The number of anilines is 2. The first-order valence-corrected chi connectivity index (χ1v) is 9.68. The van der Waals surface area contributed by atoms with Crippen LogP contribution >= 0.6 is 0 Å². The topological polar surface area (TPSA) is 87.7 Å². The molecule has 0 bridgehead atoms. The zero-order valence-corrected chi connectivity index (χ0v) is 16.6. The molecule has 1 aliphatic rings. The molecular weight excluding hydrogens is 370 g/mol. The number of carbonyl (C=O) groups is 3. The second-order valence-corrected chi connectivity index (χ2v) is 6.86. The molecule has 3 rings (SSSR count). The molecule has 1 heterocycles. The van der Waals surface area contributed by atoms with Crippen LogP contribution in [-0.4, -0.2) is 37.9 Å². The number of nitrogens with zero attached hydrogens (tertiary/aromatic N) is 1. The average Bonchev–Trinajstić information content (AvgIpc) is 3.14. The minimum Gasteiger partial charge on any atom is -0.494 e. The van der Waals surface area contributed by atoms with E-state index in [1.807, 2.05) is 31.2 Å². The van der Waals surface area contributed by atoms with E-state index in [9.17, 15) is 14.4 Å². The summed E-state index contributed by atoms with van der Waals surface area (Å²) in [4.78, 5) is 38.8. The lowest BCUT2D eigenvalue weighted by Crippen LogP contribution is -2.29. The summed E-state index contributed by atoms with van der Waals surface area (Å²) in [5.74, 6) is -0.402. The van der Waals surface area contributed by atoms with Crippen molar-refractivity contribution in [2.24, 2.45) is 5.92 Å². The molecule has 2 aromatic carbocycles. The van der Waals surface area contributed by atoms with Gasteiger partial charge in [-0.2, -0.15) is 0 Å². The Hall–Kier alpha value is -3.35. The fourth-order valence-corrected chi connectivity index (χ4v) is 3.23. The lowest BCUT2D eigenvalue weighted by atomic mass is 10.1. The molecule has 3 amide bonds. The van der Waals surface area contributed by atoms with Crippen molar-refractivity contribution in [1.82, 2.24) is 5.32 Å². The van der Waals surface area contributed by atoms with Gasteiger partial charge in [-0.3, -0.25) is 14.4 Å². The van der Waals surface area contributed by atoms with Gasteiger partial charge in [-0.05, 0) is 42.8 Å². The fraction of sp³-hybridized carbons (Fsp3) is 0.318. The van der Waals surface area contributed by atoms with E-state index in [0.29, 0.717) is 24.4 Å². The Kier molecular flexibility index (Phi) is 6.49. The van der Waals surface area contributed by atoms with Gasteiger partial charge in [-0.25, -0.2) is 0 Å². The van der Waals surface area contributed by atoms with Crippen molar-refractivity contribution in [3.63, 3.8) is 0 Å². The molecule has 0 aromatic heterocycles. The molecule has 7 heteroatoms. The van der Waals surface area contributed by atoms with E-state index in [2.05, 4.69) is 10.6 Å². The Labute approximate surface area is 170 Å². The summed E-state index contributed by atoms with van der Waals surface area (Å²) in [6.07, 6.45) is 1.05. The zero-order chi connectivity index (χ0) is 20.8. The maximum absolute atomic E-state index is 12.7. The first kappa shape index (κ1) is 20.4. The smallest absolute Gasteiger partial charge is 0.253 e. The van der Waals surface area contributed by atoms with E-state index in [0.717, 1.165) is 17.9 Å². The van der Waals surface area contributed by atoms with Crippen LogP contribution < -0.4 is 20.3 Å². The Morgan fingerprint density at radius 2 is 1.86 bits per heavy atom. The summed E-state index contributed by atoms with van der Waals surface area (Å²) in [6.45, 7) is 2.97. The number of rotatable bonds is 7. The number of para-hydroxylation sites is 1. The van der Waals surface area contributed by atoms with Crippen LogP contribution in [0.25, 0.3) is 0 Å². The molecule has 0 aliphatic carbocycles. The maximum Gasteiger partial charge on any atom is 0.253 e. The summed E-state index contributed by atoms with van der Waals surface area (Å²) in [7, 11) is 1.53. The van der Waals surface area contributed by atoms with Crippen molar-refractivity contribution < 1.29 is 19.1 Å². The molecule has 29 heavy (non-hydrogen) atoms. The van der Waals surface area contributed by atoms with Crippen LogP contribution in [0.4, 0.5) is 11.4 Å². The van der Waals surface area contributed by atoms with Crippen molar-refractivity contribution in [1.29, 1.82) is 0 Å². The molecule has 0 unspecified atom stereocenters. The highest BCUT2D eigenvalue weighted by Crippen LogP contribution is 2.28. The lowest BCUT2D eigenvalue weighted by molar-refractivity contribution is -0.122. The van der Waals surface area contributed by atoms with Gasteiger partial charge in [0.1, 0.15) is 5.75 Å². The normalized spacial score (nSPS) is 15.9. The van der Waals surface area contributed by atoms with Crippen LogP contribution in [0.1, 0.15) is 30.1 Å². The van der Waals surface area contributed by atoms with Gasteiger partial charge in [0, 0.05) is 25.7 Å². The first-order chi connectivity index (χ1) is 14.0. The third-order valence-electron chi connectivity index (χ3n) is 4.77. The van der Waals surface area contributed by atoms with E-state index < -0.39 is 5.92 Å². The number of carbonyl (C=O) groups excluding carboxylic acids is 3. The lowest BCUT2D eigenvalue weighted by Gasteiger charge is -2.17. The molecule has 1 fully saturated rings. The van der Waals surface area contributed by atoms with Crippen LogP contribution in [0.3, 0.4) is 0 Å². The number of hydrogen-bond donors (Lipinski definition) is 2. The Morgan fingerprint density at radius 1 is 1.14 bits per heavy atom. The van der Waals surface area contributed by atoms with Gasteiger partial charge >= 0.3 is 0 Å². The molecular formula is C22H25N3O4. The van der Waals surface area contributed by atoms with E-state index in [1.165, 1.54) is 7.05 Å². The van der Waals surface area contributed by atoms with Crippen LogP contribution in [0.2, 0.25) is 0 Å². The third kappa shape index (κ3) is 4.74. The van der Waals surface area contributed by atoms with Gasteiger partial charge in [-0.1, -0.05) is 19.1 Å². The predicted octanol–water partition coefficient (Wildman–Crippen LogP) is 2.83. The summed E-state index contributed by atoms with van der Waals surface area (Å²) in [5, 5.41) is 5.35. The molecule has 1 aliphatic heterocycles. The molecule has 0 radical (unpaired) electrons. The molecule has 7 nitrogen and oxygen atoms in total. The average molecular weight is 395 g/mol. The summed E-state index contributed by atoms with van der Waals surface area (Å²) < 4.78 is 5.56. The second kappa shape index (κ2) is 9.23. The van der Waals surface area contributed by atoms with E-state index in [1.54, 1.807) is 29.2 Å². The SMILES string of the molecule is CCCOc1ccc(N2C[C@@H](C(=O)Nc3ccccc3C(=O)NC)CC2=O)cc1. The highest BCUT2D eigenvalue weighted by Gasteiger charge is 2.35. The minimum atomic E-state index is -0.490. The highest BCUT2D eigenvalue weighted by atomic mass is 16.5. The third-order valence-corrected chi connectivity index (χ3v) is 4.77. The molecule has 0 spiro atoms. The molecule has 1 saturated heterocycles. The number of hydrogen-bond acceptors (Lipinski definition) is 4. The van der Waals surface area contributed by atoms with Crippen molar-refractivity contribution >= 4 is 29.1 Å². The molecule has 1 atom stereocenters. The van der Waals surface area contributed by atoms with Crippen LogP contribution in [-0.2, 0) is 9.59 Å². The summed E-state index contributed by atoms with van der Waals surface area (Å²) in [5.41, 5.74) is 1.55. The van der Waals surface area contributed by atoms with E-state index in [4.69, 9.17) is 4.74 Å². The largest absolute Gasteiger partial charge is 0.494 e. The second-order valence-electron chi connectivity index (χ2n) is 6.86. The molecule has 2 aromatic rings. The molecule has 152 valence electrons. The van der Waals surface area contributed by atoms with Crippen molar-refractivity contribution in [3.8, 4) is 5.75 Å². The number of amides is 3. The predicted molar refractivity (Wildman–Crippen MR) is 111 cm³/mol. The van der Waals surface area contributed by atoms with Gasteiger partial charge in [0.2, 0.25) is 11.8 Å². The summed E-state index contributed by atoms with van der Waals surface area (Å²) in [6, 6.07) is 14.1. The van der Waals surface area contributed by atoms with Crippen LogP contribution in [0.5, 0.6) is 5.75 Å². The molecule has 2 N–H and O–H groups in total. The quantitative estimate of drug-likeness (QED) is 0.755. The van der Waals surface area contributed by atoms with Gasteiger partial charge < -0.3 is 20.3 Å². The fourth-order valence-electron chi connectivity index (χ4n) is 3.23. The molecule has 0 saturated carbocycles.